The zero-order valence-corrected chi connectivity index (χ0v) is 18.3. The van der Waals surface area contributed by atoms with Gasteiger partial charge in [0.1, 0.15) is 0 Å². The van der Waals surface area contributed by atoms with Crippen molar-refractivity contribution in [2.45, 2.75) is 57.1 Å². The highest BCUT2D eigenvalue weighted by atomic mass is 28.2. The molecule has 0 amide bonds. The fourth-order valence-electron chi connectivity index (χ4n) is 3.48. The second-order valence-corrected chi connectivity index (χ2v) is 8.45. The number of hydrogen-bond donors (Lipinski definition) is 1. The van der Waals surface area contributed by atoms with E-state index in [1.165, 1.54) is 0 Å². The fraction of sp³-hybridized carbons (Fsp3) is 1.00. The van der Waals surface area contributed by atoms with E-state index < -0.39 is 21.3 Å². The van der Waals surface area contributed by atoms with E-state index in [-0.39, 0.29) is 6.10 Å². The van der Waals surface area contributed by atoms with Crippen LogP contribution in [-0.2, 0) is 28.1 Å². The Morgan fingerprint density at radius 3 is 2.23 bits per heavy atom. The van der Waals surface area contributed by atoms with Crippen LogP contribution in [0.2, 0.25) is 0 Å². The van der Waals surface area contributed by atoms with E-state index in [1.807, 2.05) is 13.8 Å². The Morgan fingerprint density at radius 1 is 0.962 bits per heavy atom. The molecule has 0 aliphatic heterocycles. The molecule has 1 saturated carbocycles. The minimum atomic E-state index is -1.07. The molecule has 1 aliphatic rings. The van der Waals surface area contributed by atoms with Gasteiger partial charge in [0.25, 0.3) is 0 Å². The van der Waals surface area contributed by atoms with Gasteiger partial charge in [-0.1, -0.05) is 0 Å². The molecule has 1 rings (SSSR count). The van der Waals surface area contributed by atoms with E-state index in [2.05, 4.69) is 0 Å². The fourth-order valence-corrected chi connectivity index (χ4v) is 5.15. The maximum absolute atomic E-state index is 10.2. The lowest BCUT2D eigenvalue weighted by atomic mass is 9.83. The molecule has 0 spiro atoms. The maximum atomic E-state index is 10.2. The van der Waals surface area contributed by atoms with E-state index in [1.54, 1.807) is 14.2 Å². The third kappa shape index (κ3) is 8.75. The van der Waals surface area contributed by atoms with Crippen molar-refractivity contribution in [3.63, 3.8) is 0 Å². The van der Waals surface area contributed by atoms with E-state index in [0.717, 1.165) is 25.7 Å². The van der Waals surface area contributed by atoms with E-state index in [0.29, 0.717) is 45.6 Å². The molecule has 3 unspecified atom stereocenters. The second-order valence-electron chi connectivity index (χ2n) is 6.67. The van der Waals surface area contributed by atoms with Gasteiger partial charge < -0.3 is 33.2 Å². The summed E-state index contributed by atoms with van der Waals surface area (Å²) in [6, 6.07) is 0. The smallest absolute Gasteiger partial charge is 0.227 e. The standard InChI is InChI=1S/C18H38O7Si/c1-5-23-18(24-6-2,26-25-12-10-21-4)14-15-7-8-16(19)17(13-15)22-11-9-20-3/h15-17,19H,5-14,26H2,1-4H3. The number of methoxy groups -OCH3 is 2. The zero-order chi connectivity index (χ0) is 19.3. The third-order valence-corrected chi connectivity index (χ3v) is 6.28. The van der Waals surface area contributed by atoms with Crippen molar-refractivity contribution in [2.75, 3.05) is 53.9 Å². The monoisotopic (exact) mass is 394 g/mol. The molecule has 0 aromatic carbocycles. The molecule has 1 fully saturated rings. The predicted octanol–water partition coefficient (Wildman–Crippen LogP) is 1.04. The van der Waals surface area contributed by atoms with E-state index in [4.69, 9.17) is 28.1 Å². The quantitative estimate of drug-likeness (QED) is 0.253. The van der Waals surface area contributed by atoms with Gasteiger partial charge >= 0.3 is 0 Å². The number of ether oxygens (including phenoxy) is 5. The second kappa shape index (κ2) is 14.0. The maximum Gasteiger partial charge on any atom is 0.227 e. The molecule has 26 heavy (non-hydrogen) atoms. The first-order valence-electron chi connectivity index (χ1n) is 9.74. The lowest BCUT2D eigenvalue weighted by molar-refractivity contribution is -0.197. The highest BCUT2D eigenvalue weighted by Gasteiger charge is 2.39. The summed E-state index contributed by atoms with van der Waals surface area (Å²) >= 11 is 0. The molecule has 0 aromatic rings. The predicted molar refractivity (Wildman–Crippen MR) is 102 cm³/mol. The van der Waals surface area contributed by atoms with Gasteiger partial charge in [0.05, 0.1) is 38.6 Å². The summed E-state index contributed by atoms with van der Waals surface area (Å²) in [5.74, 6) is 0.377. The summed E-state index contributed by atoms with van der Waals surface area (Å²) in [6.45, 7) is 7.33. The van der Waals surface area contributed by atoms with Crippen LogP contribution in [0.1, 0.15) is 39.5 Å². The van der Waals surface area contributed by atoms with Crippen molar-refractivity contribution < 1.29 is 33.2 Å². The Morgan fingerprint density at radius 2 is 1.62 bits per heavy atom. The van der Waals surface area contributed by atoms with Crippen LogP contribution >= 0.6 is 0 Å². The SMILES string of the molecule is CCOC(CC1CCC(O)C(OCCOC)C1)(OCC)[SiH2]OCCOC. The normalized spacial score (nSPS) is 24.6. The Hall–Kier alpha value is -0.0631. The van der Waals surface area contributed by atoms with Crippen molar-refractivity contribution >= 4 is 9.76 Å². The Balaban J connectivity index is 2.65. The highest BCUT2D eigenvalue weighted by molar-refractivity contribution is 6.31. The van der Waals surface area contributed by atoms with Gasteiger partial charge in [0, 0.05) is 33.9 Å². The number of aliphatic hydroxyl groups excluding tert-OH is 1. The third-order valence-electron chi connectivity index (χ3n) is 4.65. The molecule has 7 nitrogen and oxygen atoms in total. The molecule has 0 saturated heterocycles. The first-order valence-corrected chi connectivity index (χ1v) is 11.0. The van der Waals surface area contributed by atoms with Gasteiger partial charge in [0.2, 0.25) is 9.76 Å². The summed E-state index contributed by atoms with van der Waals surface area (Å²) < 4.78 is 33.9. The molecule has 0 radical (unpaired) electrons. The molecule has 0 bridgehead atoms. The molecule has 156 valence electrons. The van der Waals surface area contributed by atoms with E-state index in [9.17, 15) is 5.11 Å². The molecular formula is C18H38O7Si. The van der Waals surface area contributed by atoms with Crippen LogP contribution in [0.15, 0.2) is 0 Å². The van der Waals surface area contributed by atoms with Crippen molar-refractivity contribution in [2.24, 2.45) is 5.92 Å². The molecule has 0 heterocycles. The van der Waals surface area contributed by atoms with Crippen LogP contribution < -0.4 is 0 Å². The van der Waals surface area contributed by atoms with Gasteiger partial charge in [-0.3, -0.25) is 0 Å². The average molecular weight is 395 g/mol. The first-order chi connectivity index (χ1) is 12.6. The van der Waals surface area contributed by atoms with Gasteiger partial charge in [-0.15, -0.1) is 0 Å². The Labute approximate surface area is 160 Å². The summed E-state index contributed by atoms with van der Waals surface area (Å²) in [6.07, 6.45) is 2.71. The van der Waals surface area contributed by atoms with Crippen LogP contribution in [0.5, 0.6) is 0 Å². The van der Waals surface area contributed by atoms with Crippen LogP contribution in [0.3, 0.4) is 0 Å². The van der Waals surface area contributed by atoms with Crippen molar-refractivity contribution in [1.82, 2.24) is 0 Å². The van der Waals surface area contributed by atoms with Gasteiger partial charge in [-0.2, -0.15) is 0 Å². The largest absolute Gasteiger partial charge is 0.415 e. The van der Waals surface area contributed by atoms with Crippen LogP contribution in [0.25, 0.3) is 0 Å². The van der Waals surface area contributed by atoms with E-state index >= 15 is 0 Å². The summed E-state index contributed by atoms with van der Waals surface area (Å²) in [5.41, 5.74) is -0.624. The molecule has 0 aromatic heterocycles. The molecule has 8 heteroatoms. The number of rotatable bonds is 15. The molecule has 3 atom stereocenters. The van der Waals surface area contributed by atoms with Crippen molar-refractivity contribution in [1.29, 1.82) is 0 Å². The molecule has 1 aliphatic carbocycles. The number of aliphatic hydroxyl groups is 1. The van der Waals surface area contributed by atoms with Crippen LogP contribution in [0, 0.1) is 5.92 Å². The molecular weight excluding hydrogens is 356 g/mol. The average Bonchev–Trinajstić information content (AvgIpc) is 2.62. The van der Waals surface area contributed by atoms with Crippen molar-refractivity contribution in [3.05, 3.63) is 0 Å². The van der Waals surface area contributed by atoms with Gasteiger partial charge in [-0.05, 0) is 39.0 Å². The summed E-state index contributed by atoms with van der Waals surface area (Å²) in [4.78, 5) is 0. The minimum absolute atomic E-state index is 0.152. The zero-order valence-electron chi connectivity index (χ0n) is 16.9. The Bertz CT molecular complexity index is 340. The summed E-state index contributed by atoms with van der Waals surface area (Å²) in [5, 5.41) is 10.2. The van der Waals surface area contributed by atoms with Crippen LogP contribution in [-0.4, -0.2) is 86.3 Å². The topological polar surface area (TPSA) is 75.6 Å². The number of hydrogen-bond acceptors (Lipinski definition) is 7. The first kappa shape index (κ1) is 24.0. The summed E-state index contributed by atoms with van der Waals surface area (Å²) in [7, 11) is 2.25. The molecule has 1 N–H and O–H groups in total. The van der Waals surface area contributed by atoms with Gasteiger partial charge in [-0.25, -0.2) is 0 Å². The lowest BCUT2D eigenvalue weighted by Gasteiger charge is -2.39. The van der Waals surface area contributed by atoms with Crippen molar-refractivity contribution in [3.8, 4) is 0 Å². The minimum Gasteiger partial charge on any atom is -0.415 e. The van der Waals surface area contributed by atoms with Crippen LogP contribution in [0.4, 0.5) is 0 Å². The lowest BCUT2D eigenvalue weighted by Crippen LogP contribution is -2.47. The highest BCUT2D eigenvalue weighted by Crippen LogP contribution is 2.34. The Kier molecular flexibility index (Phi) is 12.9. The van der Waals surface area contributed by atoms with Gasteiger partial charge in [0.15, 0.2) is 5.41 Å².